The van der Waals surface area contributed by atoms with Crippen LogP contribution < -0.4 is 5.73 Å². The highest BCUT2D eigenvalue weighted by molar-refractivity contribution is 5.82. The highest BCUT2D eigenvalue weighted by atomic mass is 16.1. The Labute approximate surface area is 72.4 Å². The largest absolute Gasteiger partial charge is 0.318 e. The van der Waals surface area contributed by atoms with Crippen LogP contribution in [0, 0.1) is 6.92 Å². The van der Waals surface area contributed by atoms with Gasteiger partial charge in [-0.15, -0.1) is 0 Å². The molecule has 1 unspecified atom stereocenters. The van der Waals surface area contributed by atoms with E-state index in [1.165, 1.54) is 12.5 Å². The Morgan fingerprint density at radius 1 is 1.33 bits per heavy atom. The zero-order valence-corrected chi connectivity index (χ0v) is 7.37. The van der Waals surface area contributed by atoms with E-state index in [1.807, 2.05) is 31.2 Å². The summed E-state index contributed by atoms with van der Waals surface area (Å²) in [7, 11) is 0. The molecule has 12 heavy (non-hydrogen) atoms. The minimum atomic E-state index is -0.467. The minimum Gasteiger partial charge on any atom is -0.318 e. The van der Waals surface area contributed by atoms with Crippen LogP contribution in [-0.2, 0) is 4.79 Å². The molecule has 0 bridgehead atoms. The number of hydrogen-bond acceptors (Lipinski definition) is 2. The molecule has 0 aliphatic carbocycles. The number of rotatable bonds is 2. The molecule has 0 radical (unpaired) electrons. The molecule has 1 aromatic carbocycles. The normalized spacial score (nSPS) is 12.6. The lowest BCUT2D eigenvalue weighted by atomic mass is 10.0. The van der Waals surface area contributed by atoms with Gasteiger partial charge in [0.05, 0.1) is 6.04 Å². The van der Waals surface area contributed by atoms with Crippen molar-refractivity contribution in [3.63, 3.8) is 0 Å². The van der Waals surface area contributed by atoms with Gasteiger partial charge in [0.15, 0.2) is 5.78 Å². The molecule has 2 N–H and O–H groups in total. The van der Waals surface area contributed by atoms with E-state index in [-0.39, 0.29) is 5.78 Å². The number of aryl methyl sites for hydroxylation is 1. The first-order chi connectivity index (χ1) is 5.61. The summed E-state index contributed by atoms with van der Waals surface area (Å²) in [4.78, 5) is 10.9. The van der Waals surface area contributed by atoms with E-state index < -0.39 is 6.04 Å². The maximum atomic E-state index is 10.9. The van der Waals surface area contributed by atoms with E-state index in [0.717, 1.165) is 5.56 Å². The van der Waals surface area contributed by atoms with Gasteiger partial charge in [0.25, 0.3) is 0 Å². The van der Waals surface area contributed by atoms with Crippen LogP contribution in [0.3, 0.4) is 0 Å². The van der Waals surface area contributed by atoms with Gasteiger partial charge in [-0.25, -0.2) is 0 Å². The van der Waals surface area contributed by atoms with Crippen LogP contribution >= 0.6 is 0 Å². The van der Waals surface area contributed by atoms with Gasteiger partial charge in [-0.3, -0.25) is 4.79 Å². The summed E-state index contributed by atoms with van der Waals surface area (Å²) >= 11 is 0. The van der Waals surface area contributed by atoms with Gasteiger partial charge in [-0.05, 0) is 19.4 Å². The Morgan fingerprint density at radius 3 is 2.25 bits per heavy atom. The van der Waals surface area contributed by atoms with Crippen molar-refractivity contribution < 1.29 is 4.79 Å². The SMILES string of the molecule is CC(=O)C(N)c1ccc(C)cc1. The minimum absolute atomic E-state index is 0.00106. The number of ketones is 1. The smallest absolute Gasteiger partial charge is 0.150 e. The predicted octanol–water partition coefficient (Wildman–Crippen LogP) is 1.58. The second-order valence-electron chi connectivity index (χ2n) is 3.00. The summed E-state index contributed by atoms with van der Waals surface area (Å²) in [5, 5.41) is 0. The second kappa shape index (κ2) is 3.50. The zero-order chi connectivity index (χ0) is 9.14. The zero-order valence-electron chi connectivity index (χ0n) is 7.37. The molecule has 2 heteroatoms. The molecule has 0 saturated carbocycles. The van der Waals surface area contributed by atoms with E-state index in [2.05, 4.69) is 0 Å². The molecule has 0 aliphatic rings. The van der Waals surface area contributed by atoms with Crippen molar-refractivity contribution >= 4 is 5.78 Å². The van der Waals surface area contributed by atoms with Gasteiger partial charge in [-0.1, -0.05) is 29.8 Å². The number of nitrogens with two attached hydrogens (primary N) is 1. The van der Waals surface area contributed by atoms with Gasteiger partial charge in [-0.2, -0.15) is 0 Å². The lowest BCUT2D eigenvalue weighted by Gasteiger charge is -2.07. The van der Waals surface area contributed by atoms with E-state index in [4.69, 9.17) is 5.73 Å². The maximum absolute atomic E-state index is 10.9. The molecule has 0 spiro atoms. The first kappa shape index (κ1) is 8.94. The average molecular weight is 163 g/mol. The van der Waals surface area contributed by atoms with Gasteiger partial charge < -0.3 is 5.73 Å². The molecular weight excluding hydrogens is 150 g/mol. The van der Waals surface area contributed by atoms with E-state index >= 15 is 0 Å². The molecule has 2 nitrogen and oxygen atoms in total. The number of carbonyl (C=O) groups excluding carboxylic acids is 1. The maximum Gasteiger partial charge on any atom is 0.150 e. The molecular formula is C10H13NO. The Bertz CT molecular complexity index is 276. The second-order valence-corrected chi connectivity index (χ2v) is 3.00. The molecule has 0 fully saturated rings. The van der Waals surface area contributed by atoms with Gasteiger partial charge in [0.1, 0.15) is 0 Å². The summed E-state index contributed by atoms with van der Waals surface area (Å²) in [5.41, 5.74) is 7.70. The standard InChI is InChI=1S/C10H13NO/c1-7-3-5-9(6-4-7)10(11)8(2)12/h3-6,10H,11H2,1-2H3. The van der Waals surface area contributed by atoms with Crippen molar-refractivity contribution in [2.24, 2.45) is 5.73 Å². The van der Waals surface area contributed by atoms with Crippen molar-refractivity contribution in [2.45, 2.75) is 19.9 Å². The Kier molecular flexibility index (Phi) is 2.61. The third-order valence-corrected chi connectivity index (χ3v) is 1.87. The molecule has 1 rings (SSSR count). The lowest BCUT2D eigenvalue weighted by Crippen LogP contribution is -2.18. The van der Waals surface area contributed by atoms with Crippen molar-refractivity contribution in [1.82, 2.24) is 0 Å². The summed E-state index contributed by atoms with van der Waals surface area (Å²) in [6.45, 7) is 3.51. The Morgan fingerprint density at radius 2 is 1.83 bits per heavy atom. The third kappa shape index (κ3) is 1.92. The molecule has 0 heterocycles. The fourth-order valence-electron chi connectivity index (χ4n) is 1.01. The predicted molar refractivity (Wildman–Crippen MR) is 48.8 cm³/mol. The van der Waals surface area contributed by atoms with E-state index in [9.17, 15) is 4.79 Å². The van der Waals surface area contributed by atoms with Gasteiger partial charge in [0.2, 0.25) is 0 Å². The summed E-state index contributed by atoms with van der Waals surface area (Å²) in [5.74, 6) is -0.00106. The molecule has 64 valence electrons. The van der Waals surface area contributed by atoms with Crippen LogP contribution in [0.4, 0.5) is 0 Å². The van der Waals surface area contributed by atoms with Crippen LogP contribution in [0.15, 0.2) is 24.3 Å². The average Bonchev–Trinajstić information content (AvgIpc) is 2.04. The highest BCUT2D eigenvalue weighted by Gasteiger charge is 2.09. The van der Waals surface area contributed by atoms with E-state index in [1.54, 1.807) is 0 Å². The lowest BCUT2D eigenvalue weighted by molar-refractivity contribution is -0.118. The van der Waals surface area contributed by atoms with Crippen molar-refractivity contribution in [1.29, 1.82) is 0 Å². The summed E-state index contributed by atoms with van der Waals surface area (Å²) < 4.78 is 0. The highest BCUT2D eigenvalue weighted by Crippen LogP contribution is 2.11. The molecule has 0 aliphatic heterocycles. The Balaban J connectivity index is 2.89. The summed E-state index contributed by atoms with van der Waals surface area (Å²) in [6.07, 6.45) is 0. The van der Waals surface area contributed by atoms with Crippen LogP contribution in [-0.4, -0.2) is 5.78 Å². The number of carbonyl (C=O) groups is 1. The monoisotopic (exact) mass is 163 g/mol. The number of hydrogen-bond donors (Lipinski definition) is 1. The van der Waals surface area contributed by atoms with Gasteiger partial charge >= 0.3 is 0 Å². The third-order valence-electron chi connectivity index (χ3n) is 1.87. The van der Waals surface area contributed by atoms with Crippen LogP contribution in [0.5, 0.6) is 0 Å². The van der Waals surface area contributed by atoms with Crippen molar-refractivity contribution in [3.05, 3.63) is 35.4 Å². The van der Waals surface area contributed by atoms with Crippen LogP contribution in [0.1, 0.15) is 24.1 Å². The first-order valence-electron chi connectivity index (χ1n) is 3.94. The fourth-order valence-corrected chi connectivity index (χ4v) is 1.01. The number of benzene rings is 1. The Hall–Kier alpha value is -1.15. The first-order valence-corrected chi connectivity index (χ1v) is 3.94. The topological polar surface area (TPSA) is 43.1 Å². The molecule has 0 aromatic heterocycles. The fraction of sp³-hybridized carbons (Fsp3) is 0.300. The van der Waals surface area contributed by atoms with Crippen molar-refractivity contribution in [2.75, 3.05) is 0 Å². The van der Waals surface area contributed by atoms with Gasteiger partial charge in [0, 0.05) is 0 Å². The molecule has 0 amide bonds. The molecule has 0 saturated heterocycles. The summed E-state index contributed by atoms with van der Waals surface area (Å²) in [6, 6.07) is 7.23. The molecule has 1 atom stereocenters. The quantitative estimate of drug-likeness (QED) is 0.719. The van der Waals surface area contributed by atoms with Crippen LogP contribution in [0.25, 0.3) is 0 Å². The van der Waals surface area contributed by atoms with Crippen LogP contribution in [0.2, 0.25) is 0 Å². The molecule has 1 aromatic rings. The van der Waals surface area contributed by atoms with Crippen molar-refractivity contribution in [3.8, 4) is 0 Å². The van der Waals surface area contributed by atoms with E-state index in [0.29, 0.717) is 0 Å². The number of Topliss-reactive ketones (excluding diaryl/α,β-unsaturated/α-hetero) is 1.